The highest BCUT2D eigenvalue weighted by Gasteiger charge is 2.32. The molecule has 0 saturated heterocycles. The maximum atomic E-state index is 9.13. The summed E-state index contributed by atoms with van der Waals surface area (Å²) in [7, 11) is 0. The maximum Gasteiger partial charge on any atom is 0.0716 e. The van der Waals surface area contributed by atoms with Crippen LogP contribution in [0.25, 0.3) is 0 Å². The van der Waals surface area contributed by atoms with Crippen LogP contribution in [0.15, 0.2) is 0 Å². The predicted molar refractivity (Wildman–Crippen MR) is 32.5 cm³/mol. The van der Waals surface area contributed by atoms with E-state index in [1.807, 2.05) is 6.92 Å². The van der Waals surface area contributed by atoms with Gasteiger partial charge in [-0.3, -0.25) is 0 Å². The number of hydrogen-bond acceptors (Lipinski definition) is 2. The highest BCUT2D eigenvalue weighted by Crippen LogP contribution is 2.26. The van der Waals surface area contributed by atoms with Gasteiger partial charge < -0.3 is 10.8 Å². The third-order valence-electron chi connectivity index (χ3n) is 1.95. The van der Waals surface area contributed by atoms with E-state index < -0.39 is 0 Å². The van der Waals surface area contributed by atoms with Crippen molar-refractivity contribution in [1.29, 1.82) is 0 Å². The summed E-state index contributed by atoms with van der Waals surface area (Å²) in [5, 5.41) is 9.13. The van der Waals surface area contributed by atoms with E-state index in [2.05, 4.69) is 0 Å². The van der Waals surface area contributed by atoms with Crippen molar-refractivity contribution in [2.45, 2.75) is 37.8 Å². The van der Waals surface area contributed by atoms with Crippen LogP contribution in [0.3, 0.4) is 0 Å². The molecular weight excluding hydrogens is 102 g/mol. The van der Waals surface area contributed by atoms with E-state index in [4.69, 9.17) is 10.8 Å². The van der Waals surface area contributed by atoms with Crippen LogP contribution in [0.2, 0.25) is 0 Å². The van der Waals surface area contributed by atoms with Crippen LogP contribution in [0, 0.1) is 0 Å². The smallest absolute Gasteiger partial charge is 0.0716 e. The summed E-state index contributed by atoms with van der Waals surface area (Å²) in [4.78, 5) is 0. The van der Waals surface area contributed by atoms with Gasteiger partial charge in [-0.15, -0.1) is 0 Å². The van der Waals surface area contributed by atoms with Crippen molar-refractivity contribution in [3.63, 3.8) is 0 Å². The minimum Gasteiger partial charge on any atom is -0.391 e. The standard InChI is InChI=1S/C6H13NO/c1-6(7)4-2-3-5(6)8/h5,8H,2-4,7H2,1H3/t5-,6-/m1/s1. The zero-order chi connectivity index (χ0) is 6.20. The van der Waals surface area contributed by atoms with Crippen LogP contribution in [-0.4, -0.2) is 16.7 Å². The number of hydrogen-bond donors (Lipinski definition) is 2. The van der Waals surface area contributed by atoms with Crippen LogP contribution in [0.4, 0.5) is 0 Å². The zero-order valence-corrected chi connectivity index (χ0v) is 5.22. The monoisotopic (exact) mass is 115 g/mol. The molecule has 1 aliphatic rings. The van der Waals surface area contributed by atoms with Crippen LogP contribution in [-0.2, 0) is 0 Å². The molecular formula is C6H13NO. The van der Waals surface area contributed by atoms with Gasteiger partial charge in [0, 0.05) is 5.54 Å². The summed E-state index contributed by atoms with van der Waals surface area (Å²) in [6, 6.07) is 0. The summed E-state index contributed by atoms with van der Waals surface area (Å²) in [6.07, 6.45) is 2.66. The minimum atomic E-state index is -0.292. The molecule has 0 spiro atoms. The van der Waals surface area contributed by atoms with Crippen LogP contribution < -0.4 is 5.73 Å². The lowest BCUT2D eigenvalue weighted by molar-refractivity contribution is 0.120. The Morgan fingerprint density at radius 1 is 1.75 bits per heavy atom. The lowest BCUT2D eigenvalue weighted by Crippen LogP contribution is -2.43. The number of nitrogens with two attached hydrogens (primary N) is 1. The quantitative estimate of drug-likeness (QED) is 0.475. The molecule has 8 heavy (non-hydrogen) atoms. The molecule has 0 radical (unpaired) electrons. The van der Waals surface area contributed by atoms with Crippen molar-refractivity contribution in [3.05, 3.63) is 0 Å². The topological polar surface area (TPSA) is 46.2 Å². The van der Waals surface area contributed by atoms with Gasteiger partial charge in [0.1, 0.15) is 0 Å². The maximum absolute atomic E-state index is 9.13. The molecule has 1 saturated carbocycles. The van der Waals surface area contributed by atoms with Crippen molar-refractivity contribution in [2.75, 3.05) is 0 Å². The lowest BCUT2D eigenvalue weighted by Gasteiger charge is -2.21. The van der Waals surface area contributed by atoms with Gasteiger partial charge in [-0.05, 0) is 26.2 Å². The molecule has 2 nitrogen and oxygen atoms in total. The summed E-state index contributed by atoms with van der Waals surface area (Å²) in [6.45, 7) is 1.91. The molecule has 0 unspecified atom stereocenters. The second-order valence-electron chi connectivity index (χ2n) is 2.91. The molecule has 0 aromatic rings. The third-order valence-corrected chi connectivity index (χ3v) is 1.95. The van der Waals surface area contributed by atoms with Crippen molar-refractivity contribution < 1.29 is 5.11 Å². The zero-order valence-electron chi connectivity index (χ0n) is 5.22. The fourth-order valence-corrected chi connectivity index (χ4v) is 1.17. The first kappa shape index (κ1) is 6.05. The number of aliphatic hydroxyl groups is 1. The third kappa shape index (κ3) is 0.858. The molecule has 0 amide bonds. The van der Waals surface area contributed by atoms with E-state index in [1.165, 1.54) is 0 Å². The average molecular weight is 115 g/mol. The second-order valence-corrected chi connectivity index (χ2v) is 2.91. The molecule has 48 valence electrons. The van der Waals surface area contributed by atoms with Crippen LogP contribution >= 0.6 is 0 Å². The van der Waals surface area contributed by atoms with Gasteiger partial charge in [-0.2, -0.15) is 0 Å². The van der Waals surface area contributed by atoms with E-state index in [0.717, 1.165) is 19.3 Å². The molecule has 1 rings (SSSR count). The second kappa shape index (κ2) is 1.71. The normalized spacial score (nSPS) is 47.6. The average Bonchev–Trinajstić information content (AvgIpc) is 1.86. The molecule has 1 aliphatic carbocycles. The Balaban J connectivity index is 2.54. The van der Waals surface area contributed by atoms with Gasteiger partial charge in [0.2, 0.25) is 0 Å². The predicted octanol–water partition coefficient (Wildman–Crippen LogP) is 0.249. The molecule has 0 aromatic heterocycles. The SMILES string of the molecule is C[C@@]1(N)CCC[C@H]1O. The molecule has 0 bridgehead atoms. The molecule has 1 fully saturated rings. The Morgan fingerprint density at radius 3 is 2.50 bits per heavy atom. The molecule has 0 aromatic carbocycles. The summed E-state index contributed by atoms with van der Waals surface area (Å²) in [5.74, 6) is 0. The fraction of sp³-hybridized carbons (Fsp3) is 1.00. The fourth-order valence-electron chi connectivity index (χ4n) is 1.17. The largest absolute Gasteiger partial charge is 0.391 e. The highest BCUT2D eigenvalue weighted by atomic mass is 16.3. The van der Waals surface area contributed by atoms with E-state index >= 15 is 0 Å². The highest BCUT2D eigenvalue weighted by molar-refractivity contribution is 4.92. The molecule has 2 atom stereocenters. The van der Waals surface area contributed by atoms with Gasteiger partial charge in [-0.1, -0.05) is 0 Å². The molecule has 2 heteroatoms. The van der Waals surface area contributed by atoms with Gasteiger partial charge >= 0.3 is 0 Å². The summed E-state index contributed by atoms with van der Waals surface area (Å²) >= 11 is 0. The molecule has 3 N–H and O–H groups in total. The summed E-state index contributed by atoms with van der Waals surface area (Å²) < 4.78 is 0. The molecule has 0 heterocycles. The Kier molecular flexibility index (Phi) is 1.29. The van der Waals surface area contributed by atoms with Gasteiger partial charge in [-0.25, -0.2) is 0 Å². The van der Waals surface area contributed by atoms with E-state index in [0.29, 0.717) is 0 Å². The van der Waals surface area contributed by atoms with Crippen LogP contribution in [0.5, 0.6) is 0 Å². The van der Waals surface area contributed by atoms with Gasteiger partial charge in [0.15, 0.2) is 0 Å². The van der Waals surface area contributed by atoms with E-state index in [9.17, 15) is 0 Å². The first-order chi connectivity index (χ1) is 3.63. The Morgan fingerprint density at radius 2 is 2.38 bits per heavy atom. The molecule has 0 aliphatic heterocycles. The number of rotatable bonds is 0. The van der Waals surface area contributed by atoms with Crippen LogP contribution in [0.1, 0.15) is 26.2 Å². The van der Waals surface area contributed by atoms with Crippen molar-refractivity contribution in [1.82, 2.24) is 0 Å². The van der Waals surface area contributed by atoms with Gasteiger partial charge in [0.05, 0.1) is 6.10 Å². The van der Waals surface area contributed by atoms with E-state index in [-0.39, 0.29) is 11.6 Å². The first-order valence-corrected chi connectivity index (χ1v) is 3.10. The number of aliphatic hydroxyl groups excluding tert-OH is 1. The van der Waals surface area contributed by atoms with E-state index in [1.54, 1.807) is 0 Å². The van der Waals surface area contributed by atoms with Crippen molar-refractivity contribution in [3.8, 4) is 0 Å². The Bertz CT molecular complexity index is 90.5. The summed E-state index contributed by atoms with van der Waals surface area (Å²) in [5.41, 5.74) is 5.38. The Labute approximate surface area is 49.7 Å². The lowest BCUT2D eigenvalue weighted by atomic mass is 10.0. The van der Waals surface area contributed by atoms with Crippen molar-refractivity contribution >= 4 is 0 Å². The first-order valence-electron chi connectivity index (χ1n) is 3.10. The van der Waals surface area contributed by atoms with Gasteiger partial charge in [0.25, 0.3) is 0 Å². The Hall–Kier alpha value is -0.0800. The minimum absolute atomic E-state index is 0.262. The van der Waals surface area contributed by atoms with Crippen molar-refractivity contribution in [2.24, 2.45) is 5.73 Å².